The molecule has 0 fully saturated rings. The molecule has 0 unspecified atom stereocenters. The molecule has 0 heterocycles. The average molecular weight is 287 g/mol. The maximum Gasteiger partial charge on any atom is 0.336 e. The molecule has 0 amide bonds. The van der Waals surface area contributed by atoms with Gasteiger partial charge in [0.1, 0.15) is 0 Å². The van der Waals surface area contributed by atoms with Gasteiger partial charge < -0.3 is 10.2 Å². The van der Waals surface area contributed by atoms with Crippen LogP contribution < -0.4 is 0 Å². The Balaban J connectivity index is 3.54. The minimum absolute atomic E-state index is 0.00164. The highest BCUT2D eigenvalue weighted by molar-refractivity contribution is 9.10. The van der Waals surface area contributed by atoms with Gasteiger partial charge in [0.2, 0.25) is 0 Å². The van der Waals surface area contributed by atoms with Crippen LogP contribution in [0.4, 0.5) is 0 Å². The zero-order chi connectivity index (χ0) is 12.5. The topological polar surface area (TPSA) is 74.6 Å². The summed E-state index contributed by atoms with van der Waals surface area (Å²) < 4.78 is 0.486. The second-order valence-corrected chi connectivity index (χ2v) is 4.75. The molecule has 0 aliphatic carbocycles. The van der Waals surface area contributed by atoms with Crippen LogP contribution >= 0.6 is 15.9 Å². The molecule has 1 rings (SSSR count). The molecule has 4 nitrogen and oxygen atoms in total. The van der Waals surface area contributed by atoms with Crippen molar-refractivity contribution in [3.8, 4) is 0 Å². The highest BCUT2D eigenvalue weighted by Crippen LogP contribution is 2.33. The van der Waals surface area contributed by atoms with Gasteiger partial charge >= 0.3 is 11.9 Å². The van der Waals surface area contributed by atoms with Gasteiger partial charge in [0.25, 0.3) is 0 Å². The molecule has 1 aromatic rings. The summed E-state index contributed by atoms with van der Waals surface area (Å²) in [5.41, 5.74) is -0.981. The summed E-state index contributed by atoms with van der Waals surface area (Å²) >= 11 is 3.19. The zero-order valence-corrected chi connectivity index (χ0v) is 10.4. The van der Waals surface area contributed by atoms with Crippen LogP contribution in [0.25, 0.3) is 0 Å². The van der Waals surface area contributed by atoms with Crippen molar-refractivity contribution in [1.82, 2.24) is 0 Å². The highest BCUT2D eigenvalue weighted by Gasteiger charge is 2.35. The number of carboxylic acid groups (broad SMARTS) is 2. The molecule has 0 bridgehead atoms. The van der Waals surface area contributed by atoms with Crippen LogP contribution in [0.1, 0.15) is 29.8 Å². The van der Waals surface area contributed by atoms with Gasteiger partial charge in [0.05, 0.1) is 11.0 Å². The summed E-state index contributed by atoms with van der Waals surface area (Å²) in [5, 5.41) is 18.1. The van der Waals surface area contributed by atoms with E-state index in [9.17, 15) is 9.59 Å². The van der Waals surface area contributed by atoms with E-state index in [1.807, 2.05) is 0 Å². The first kappa shape index (κ1) is 12.7. The summed E-state index contributed by atoms with van der Waals surface area (Å²) in [5.74, 6) is -2.20. The molecule has 0 radical (unpaired) electrons. The molecule has 0 aromatic heterocycles. The third kappa shape index (κ3) is 2.09. The molecular weight excluding hydrogens is 276 g/mol. The number of aliphatic carboxylic acids is 1. The van der Waals surface area contributed by atoms with E-state index in [0.29, 0.717) is 4.47 Å². The third-order valence-corrected chi connectivity index (χ3v) is 3.06. The smallest absolute Gasteiger partial charge is 0.336 e. The summed E-state index contributed by atoms with van der Waals surface area (Å²) in [6, 6.07) is 4.59. The first-order valence-electron chi connectivity index (χ1n) is 4.54. The lowest BCUT2D eigenvalue weighted by molar-refractivity contribution is -0.142. The van der Waals surface area contributed by atoms with E-state index in [1.165, 1.54) is 19.9 Å². The molecule has 0 aliphatic heterocycles. The number of hydrogen-bond donors (Lipinski definition) is 2. The molecule has 5 heteroatoms. The lowest BCUT2D eigenvalue weighted by Gasteiger charge is -2.23. The minimum Gasteiger partial charge on any atom is -0.481 e. The lowest BCUT2D eigenvalue weighted by Crippen LogP contribution is -2.31. The van der Waals surface area contributed by atoms with Crippen molar-refractivity contribution < 1.29 is 19.8 Å². The molecule has 0 atom stereocenters. The Hall–Kier alpha value is -1.36. The fourth-order valence-electron chi connectivity index (χ4n) is 1.44. The molecular formula is C11H11BrO4. The Morgan fingerprint density at radius 3 is 2.25 bits per heavy atom. The predicted octanol–water partition coefficient (Wildman–Crippen LogP) is 2.51. The van der Waals surface area contributed by atoms with Crippen molar-refractivity contribution in [3.05, 3.63) is 33.8 Å². The lowest BCUT2D eigenvalue weighted by atomic mass is 9.82. The molecule has 1 aromatic carbocycles. The second kappa shape index (κ2) is 4.25. The van der Waals surface area contributed by atoms with Crippen molar-refractivity contribution in [2.45, 2.75) is 19.3 Å². The van der Waals surface area contributed by atoms with E-state index in [2.05, 4.69) is 15.9 Å². The molecule has 86 valence electrons. The van der Waals surface area contributed by atoms with Gasteiger partial charge in [0, 0.05) is 4.47 Å². The van der Waals surface area contributed by atoms with Crippen molar-refractivity contribution in [1.29, 1.82) is 0 Å². The van der Waals surface area contributed by atoms with Gasteiger partial charge in [-0.1, -0.05) is 22.0 Å². The maximum atomic E-state index is 11.1. The summed E-state index contributed by atoms with van der Waals surface area (Å²) in [6.45, 7) is 2.95. The standard InChI is InChI=1S/C11H11BrO4/c1-11(2,10(15)16)8-6(9(13)14)4-3-5-7(8)12/h3-5H,1-2H3,(H,13,14)(H,15,16). The number of carbonyl (C=O) groups is 2. The van der Waals surface area contributed by atoms with E-state index in [4.69, 9.17) is 10.2 Å². The number of carboxylic acids is 2. The van der Waals surface area contributed by atoms with Crippen LogP contribution in [0.3, 0.4) is 0 Å². The quantitative estimate of drug-likeness (QED) is 0.895. The monoisotopic (exact) mass is 286 g/mol. The first-order valence-corrected chi connectivity index (χ1v) is 5.33. The maximum absolute atomic E-state index is 11.1. The largest absolute Gasteiger partial charge is 0.481 e. The van der Waals surface area contributed by atoms with E-state index in [1.54, 1.807) is 12.1 Å². The van der Waals surface area contributed by atoms with Crippen LogP contribution in [0.5, 0.6) is 0 Å². The Kier molecular flexibility index (Phi) is 3.38. The van der Waals surface area contributed by atoms with Crippen LogP contribution in [0, 0.1) is 0 Å². The fraction of sp³-hybridized carbons (Fsp3) is 0.273. The normalized spacial score (nSPS) is 11.2. The number of benzene rings is 1. The molecule has 0 saturated carbocycles. The highest BCUT2D eigenvalue weighted by atomic mass is 79.9. The number of rotatable bonds is 3. The Labute approximate surface area is 101 Å². The van der Waals surface area contributed by atoms with Gasteiger partial charge in [-0.3, -0.25) is 4.79 Å². The van der Waals surface area contributed by atoms with Gasteiger partial charge in [0.15, 0.2) is 0 Å². The van der Waals surface area contributed by atoms with E-state index >= 15 is 0 Å². The minimum atomic E-state index is -1.26. The number of halogens is 1. The molecule has 0 spiro atoms. The van der Waals surface area contributed by atoms with Gasteiger partial charge in [-0.2, -0.15) is 0 Å². The molecule has 16 heavy (non-hydrogen) atoms. The van der Waals surface area contributed by atoms with E-state index in [-0.39, 0.29) is 11.1 Å². The Morgan fingerprint density at radius 2 is 1.81 bits per heavy atom. The number of aromatic carboxylic acids is 1. The fourth-order valence-corrected chi connectivity index (χ4v) is 2.31. The summed E-state index contributed by atoms with van der Waals surface area (Å²) in [4.78, 5) is 22.2. The summed E-state index contributed by atoms with van der Waals surface area (Å²) in [6.07, 6.45) is 0. The molecule has 2 N–H and O–H groups in total. The predicted molar refractivity (Wildman–Crippen MR) is 61.8 cm³/mol. The SMILES string of the molecule is CC(C)(C(=O)O)c1c(Br)cccc1C(=O)O. The van der Waals surface area contributed by atoms with Crippen LogP contribution in [-0.4, -0.2) is 22.2 Å². The summed E-state index contributed by atoms with van der Waals surface area (Å²) in [7, 11) is 0. The van der Waals surface area contributed by atoms with Crippen LogP contribution in [0.15, 0.2) is 22.7 Å². The van der Waals surface area contributed by atoms with E-state index < -0.39 is 17.4 Å². The second-order valence-electron chi connectivity index (χ2n) is 3.90. The third-order valence-electron chi connectivity index (χ3n) is 2.40. The molecule has 0 aliphatic rings. The van der Waals surface area contributed by atoms with Crippen LogP contribution in [0.2, 0.25) is 0 Å². The van der Waals surface area contributed by atoms with Crippen molar-refractivity contribution in [3.63, 3.8) is 0 Å². The average Bonchev–Trinajstić information content (AvgIpc) is 2.16. The van der Waals surface area contributed by atoms with Gasteiger partial charge in [-0.25, -0.2) is 4.79 Å². The van der Waals surface area contributed by atoms with Gasteiger partial charge in [-0.15, -0.1) is 0 Å². The van der Waals surface area contributed by atoms with Crippen molar-refractivity contribution in [2.75, 3.05) is 0 Å². The zero-order valence-electron chi connectivity index (χ0n) is 8.82. The number of hydrogen-bond acceptors (Lipinski definition) is 2. The van der Waals surface area contributed by atoms with Crippen molar-refractivity contribution in [2.24, 2.45) is 0 Å². The van der Waals surface area contributed by atoms with Gasteiger partial charge in [-0.05, 0) is 31.5 Å². The molecule has 0 saturated heterocycles. The van der Waals surface area contributed by atoms with Crippen molar-refractivity contribution >= 4 is 27.9 Å². The Bertz CT molecular complexity index is 451. The Morgan fingerprint density at radius 1 is 1.25 bits per heavy atom. The van der Waals surface area contributed by atoms with Crippen LogP contribution in [-0.2, 0) is 10.2 Å². The first-order chi connectivity index (χ1) is 7.28. The van der Waals surface area contributed by atoms with E-state index in [0.717, 1.165) is 0 Å².